The first kappa shape index (κ1) is 23.4. The van der Waals surface area contributed by atoms with Gasteiger partial charge in [-0.2, -0.15) is 5.26 Å². The molecule has 1 heterocycles. The third kappa shape index (κ3) is 5.26. The standard InChI is InChI=1S/C27H21Cl2N3O2/c1-2-34-22-10-8-21(9-11-22)31-27(33)19(15-30)14-20-17-32(26-6-4-3-5-23(20)26)16-18-7-12-24(28)25(29)13-18/h3-14,17H,2,16H2,1H3,(H,31,33)/b19-14-. The van der Waals surface area contributed by atoms with Gasteiger partial charge in [0.2, 0.25) is 0 Å². The summed E-state index contributed by atoms with van der Waals surface area (Å²) < 4.78 is 7.47. The van der Waals surface area contributed by atoms with Crippen molar-refractivity contribution in [2.24, 2.45) is 0 Å². The Kier molecular flexibility index (Phi) is 7.22. The van der Waals surface area contributed by atoms with Crippen LogP contribution in [0.3, 0.4) is 0 Å². The summed E-state index contributed by atoms with van der Waals surface area (Å²) >= 11 is 12.2. The third-order valence-electron chi connectivity index (χ3n) is 5.24. The summed E-state index contributed by atoms with van der Waals surface area (Å²) in [6.07, 6.45) is 3.53. The number of hydrogen-bond donors (Lipinski definition) is 1. The van der Waals surface area contributed by atoms with Crippen LogP contribution < -0.4 is 10.1 Å². The lowest BCUT2D eigenvalue weighted by molar-refractivity contribution is -0.112. The van der Waals surface area contributed by atoms with Crippen LogP contribution in [0.1, 0.15) is 18.1 Å². The average Bonchev–Trinajstić information content (AvgIpc) is 3.18. The topological polar surface area (TPSA) is 67.0 Å². The van der Waals surface area contributed by atoms with E-state index in [1.807, 2.05) is 55.6 Å². The van der Waals surface area contributed by atoms with Crippen LogP contribution >= 0.6 is 23.2 Å². The first-order chi connectivity index (χ1) is 16.5. The lowest BCUT2D eigenvalue weighted by Crippen LogP contribution is -2.13. The highest BCUT2D eigenvalue weighted by molar-refractivity contribution is 6.42. The van der Waals surface area contributed by atoms with E-state index in [-0.39, 0.29) is 5.57 Å². The van der Waals surface area contributed by atoms with E-state index in [2.05, 4.69) is 9.88 Å². The zero-order valence-electron chi connectivity index (χ0n) is 18.4. The number of halogens is 2. The lowest BCUT2D eigenvalue weighted by Gasteiger charge is -2.07. The normalized spacial score (nSPS) is 11.3. The number of benzene rings is 3. The second kappa shape index (κ2) is 10.5. The number of fused-ring (bicyclic) bond motifs is 1. The quantitative estimate of drug-likeness (QED) is 0.225. The van der Waals surface area contributed by atoms with Gasteiger partial charge in [-0.05, 0) is 61.0 Å². The summed E-state index contributed by atoms with van der Waals surface area (Å²) in [5, 5.41) is 14.4. The maximum atomic E-state index is 12.8. The molecule has 4 rings (SSSR count). The first-order valence-electron chi connectivity index (χ1n) is 10.7. The molecular weight excluding hydrogens is 469 g/mol. The Hall–Kier alpha value is -3.72. The smallest absolute Gasteiger partial charge is 0.266 e. The van der Waals surface area contributed by atoms with Gasteiger partial charge in [0, 0.05) is 34.9 Å². The van der Waals surface area contributed by atoms with Crippen molar-refractivity contribution in [1.82, 2.24) is 4.57 Å². The minimum Gasteiger partial charge on any atom is -0.494 e. The predicted octanol–water partition coefficient (Wildman–Crippen LogP) is 6.94. The van der Waals surface area contributed by atoms with E-state index in [9.17, 15) is 10.1 Å². The number of carbonyl (C=O) groups excluding carboxylic acids is 1. The molecule has 170 valence electrons. The molecule has 0 aliphatic rings. The molecule has 34 heavy (non-hydrogen) atoms. The zero-order valence-corrected chi connectivity index (χ0v) is 19.9. The maximum absolute atomic E-state index is 12.8. The Morgan fingerprint density at radius 1 is 1.09 bits per heavy atom. The number of nitrogens with one attached hydrogen (secondary N) is 1. The Bertz CT molecular complexity index is 1420. The monoisotopic (exact) mass is 489 g/mol. The highest BCUT2D eigenvalue weighted by atomic mass is 35.5. The number of carbonyl (C=O) groups is 1. The van der Waals surface area contributed by atoms with Gasteiger partial charge in [0.15, 0.2) is 0 Å². The van der Waals surface area contributed by atoms with Gasteiger partial charge in [0.25, 0.3) is 5.91 Å². The van der Waals surface area contributed by atoms with Crippen molar-refractivity contribution in [3.05, 3.63) is 99.7 Å². The summed E-state index contributed by atoms with van der Waals surface area (Å²) in [6.45, 7) is 3.03. The molecule has 5 nitrogen and oxygen atoms in total. The molecule has 0 aliphatic carbocycles. The van der Waals surface area contributed by atoms with E-state index in [4.69, 9.17) is 27.9 Å². The first-order valence-corrected chi connectivity index (χ1v) is 11.4. The van der Waals surface area contributed by atoms with Crippen molar-refractivity contribution in [2.75, 3.05) is 11.9 Å². The molecule has 0 unspecified atom stereocenters. The number of nitriles is 1. The van der Waals surface area contributed by atoms with E-state index in [0.717, 1.165) is 22.0 Å². The molecule has 1 aromatic heterocycles. The van der Waals surface area contributed by atoms with Crippen LogP contribution in [0.2, 0.25) is 10.0 Å². The van der Waals surface area contributed by atoms with Crippen molar-refractivity contribution < 1.29 is 9.53 Å². The molecule has 0 atom stereocenters. The van der Waals surface area contributed by atoms with E-state index in [0.29, 0.717) is 34.6 Å². The van der Waals surface area contributed by atoms with Crippen LogP contribution in [-0.2, 0) is 11.3 Å². The van der Waals surface area contributed by atoms with Crippen LogP contribution in [0.15, 0.2) is 78.5 Å². The Morgan fingerprint density at radius 2 is 1.85 bits per heavy atom. The van der Waals surface area contributed by atoms with E-state index in [1.54, 1.807) is 36.4 Å². The molecule has 0 radical (unpaired) electrons. The highest BCUT2D eigenvalue weighted by Gasteiger charge is 2.13. The van der Waals surface area contributed by atoms with Crippen molar-refractivity contribution in [3.8, 4) is 11.8 Å². The minimum absolute atomic E-state index is 0.00586. The van der Waals surface area contributed by atoms with E-state index >= 15 is 0 Å². The Balaban J connectivity index is 1.62. The van der Waals surface area contributed by atoms with Crippen LogP contribution in [0, 0.1) is 11.3 Å². The van der Waals surface area contributed by atoms with Gasteiger partial charge in [-0.15, -0.1) is 0 Å². The maximum Gasteiger partial charge on any atom is 0.266 e. The SMILES string of the molecule is CCOc1ccc(NC(=O)/C(C#N)=C\c2cn(Cc3ccc(Cl)c(Cl)c3)c3ccccc23)cc1. The van der Waals surface area contributed by atoms with Gasteiger partial charge in [0.1, 0.15) is 17.4 Å². The van der Waals surface area contributed by atoms with E-state index in [1.165, 1.54) is 0 Å². The number of anilines is 1. The number of aromatic nitrogens is 1. The number of nitrogens with zero attached hydrogens (tertiary/aromatic N) is 2. The molecule has 0 aliphatic heterocycles. The number of ether oxygens (including phenoxy) is 1. The molecule has 3 aromatic carbocycles. The predicted molar refractivity (Wildman–Crippen MR) is 137 cm³/mol. The second-order valence-electron chi connectivity index (χ2n) is 7.56. The summed E-state index contributed by atoms with van der Waals surface area (Å²) in [7, 11) is 0. The molecule has 7 heteroatoms. The molecule has 4 aromatic rings. The van der Waals surface area contributed by atoms with Gasteiger partial charge in [-0.3, -0.25) is 4.79 Å². The third-order valence-corrected chi connectivity index (χ3v) is 5.98. The van der Waals surface area contributed by atoms with Crippen molar-refractivity contribution in [3.63, 3.8) is 0 Å². The van der Waals surface area contributed by atoms with Gasteiger partial charge in [-0.25, -0.2) is 0 Å². The molecule has 0 saturated heterocycles. The highest BCUT2D eigenvalue weighted by Crippen LogP contribution is 2.27. The van der Waals surface area contributed by atoms with Gasteiger partial charge in [0.05, 0.1) is 16.7 Å². The molecule has 1 amide bonds. The fourth-order valence-electron chi connectivity index (χ4n) is 3.66. The van der Waals surface area contributed by atoms with E-state index < -0.39 is 5.91 Å². The number of hydrogen-bond acceptors (Lipinski definition) is 3. The molecule has 0 bridgehead atoms. The number of para-hydroxylation sites is 1. The molecule has 0 spiro atoms. The van der Waals surface area contributed by atoms with Crippen molar-refractivity contribution in [2.45, 2.75) is 13.5 Å². The number of amides is 1. The second-order valence-corrected chi connectivity index (χ2v) is 8.37. The molecule has 0 saturated carbocycles. The average molecular weight is 490 g/mol. The summed E-state index contributed by atoms with van der Waals surface area (Å²) in [5.74, 6) is 0.235. The van der Waals surface area contributed by atoms with Crippen molar-refractivity contribution >= 4 is 51.8 Å². The number of rotatable bonds is 7. The summed E-state index contributed by atoms with van der Waals surface area (Å²) in [6, 6.07) is 22.4. The molecule has 0 fully saturated rings. The Labute approximate surface area is 207 Å². The summed E-state index contributed by atoms with van der Waals surface area (Å²) in [4.78, 5) is 12.8. The zero-order chi connectivity index (χ0) is 24.1. The summed E-state index contributed by atoms with van der Waals surface area (Å²) in [5.41, 5.74) is 3.32. The fourth-order valence-corrected chi connectivity index (χ4v) is 3.98. The van der Waals surface area contributed by atoms with Crippen LogP contribution in [0.4, 0.5) is 5.69 Å². The molecular formula is C27H21Cl2N3O2. The van der Waals surface area contributed by atoms with Crippen LogP contribution in [-0.4, -0.2) is 17.1 Å². The van der Waals surface area contributed by atoms with Crippen LogP contribution in [0.25, 0.3) is 17.0 Å². The largest absolute Gasteiger partial charge is 0.494 e. The van der Waals surface area contributed by atoms with Gasteiger partial charge >= 0.3 is 0 Å². The lowest BCUT2D eigenvalue weighted by atomic mass is 10.1. The van der Waals surface area contributed by atoms with Crippen molar-refractivity contribution in [1.29, 1.82) is 5.26 Å². The van der Waals surface area contributed by atoms with Gasteiger partial charge in [-0.1, -0.05) is 47.5 Å². The Morgan fingerprint density at radius 3 is 2.56 bits per heavy atom. The van der Waals surface area contributed by atoms with Crippen LogP contribution in [0.5, 0.6) is 5.75 Å². The minimum atomic E-state index is -0.479. The fraction of sp³-hybridized carbons (Fsp3) is 0.111. The van der Waals surface area contributed by atoms with Gasteiger partial charge < -0.3 is 14.6 Å². The molecule has 1 N–H and O–H groups in total.